The van der Waals surface area contributed by atoms with Crippen molar-refractivity contribution in [2.45, 2.75) is 32.0 Å². The molecule has 3 atom stereocenters. The molecular formula is C14H22O5S. The Morgan fingerprint density at radius 3 is 3.00 bits per heavy atom. The summed E-state index contributed by atoms with van der Waals surface area (Å²) in [4.78, 5) is 11.1. The van der Waals surface area contributed by atoms with Gasteiger partial charge in [0.05, 0.1) is 6.61 Å². The highest BCUT2D eigenvalue weighted by molar-refractivity contribution is 7.99. The van der Waals surface area contributed by atoms with E-state index in [0.717, 1.165) is 30.8 Å². The van der Waals surface area contributed by atoms with Crippen molar-refractivity contribution in [3.05, 3.63) is 11.8 Å². The van der Waals surface area contributed by atoms with Crippen LogP contribution in [0.15, 0.2) is 11.8 Å². The number of carbonyl (C=O) groups is 1. The van der Waals surface area contributed by atoms with E-state index >= 15 is 0 Å². The van der Waals surface area contributed by atoms with E-state index in [1.165, 1.54) is 0 Å². The van der Waals surface area contributed by atoms with Gasteiger partial charge in [-0.1, -0.05) is 0 Å². The number of thioether (sulfide) groups is 1. The van der Waals surface area contributed by atoms with E-state index in [-0.39, 0.29) is 18.3 Å². The van der Waals surface area contributed by atoms with Gasteiger partial charge < -0.3 is 19.7 Å². The normalized spacial score (nSPS) is 29.9. The number of unbranched alkanes of at least 4 members (excludes halogenated alkanes) is 1. The van der Waals surface area contributed by atoms with Gasteiger partial charge in [0.15, 0.2) is 0 Å². The number of ether oxygens (including phenoxy) is 2. The summed E-state index contributed by atoms with van der Waals surface area (Å²) in [5.41, 5.74) is 0. The van der Waals surface area contributed by atoms with Gasteiger partial charge in [-0.15, -0.1) is 0 Å². The first-order valence-corrected chi connectivity index (χ1v) is 8.28. The standard InChI is InChI=1S/C14H22O5S/c15-4-1-2-5-18-13-8-11(10-3-6-20-9-10)7-12(19-13)14(16)17/h7,10-11,13,15H,1-6,8-9H2,(H,16,17)/t10?,11-,13+/m0/s1. The Hall–Kier alpha value is -0.720. The van der Waals surface area contributed by atoms with E-state index in [9.17, 15) is 4.79 Å². The van der Waals surface area contributed by atoms with Crippen LogP contribution in [0.5, 0.6) is 0 Å². The Morgan fingerprint density at radius 2 is 2.35 bits per heavy atom. The summed E-state index contributed by atoms with van der Waals surface area (Å²) in [5, 5.41) is 17.9. The lowest BCUT2D eigenvalue weighted by molar-refractivity contribution is -0.160. The van der Waals surface area contributed by atoms with Crippen molar-refractivity contribution in [3.63, 3.8) is 0 Å². The van der Waals surface area contributed by atoms with Crippen molar-refractivity contribution in [1.29, 1.82) is 0 Å². The molecule has 0 aromatic carbocycles. The number of rotatable bonds is 7. The first kappa shape index (κ1) is 15.7. The molecule has 0 aliphatic carbocycles. The van der Waals surface area contributed by atoms with Gasteiger partial charge in [0.1, 0.15) is 0 Å². The summed E-state index contributed by atoms with van der Waals surface area (Å²) in [6, 6.07) is 0. The van der Waals surface area contributed by atoms with Gasteiger partial charge in [-0.25, -0.2) is 4.79 Å². The van der Waals surface area contributed by atoms with Crippen LogP contribution >= 0.6 is 11.8 Å². The largest absolute Gasteiger partial charge is 0.475 e. The molecule has 0 saturated carbocycles. The van der Waals surface area contributed by atoms with E-state index in [1.807, 2.05) is 11.8 Å². The molecule has 2 aliphatic heterocycles. The molecule has 0 amide bonds. The molecule has 1 saturated heterocycles. The quantitative estimate of drug-likeness (QED) is 0.699. The zero-order chi connectivity index (χ0) is 14.4. The lowest BCUT2D eigenvalue weighted by Gasteiger charge is -2.30. The van der Waals surface area contributed by atoms with Gasteiger partial charge in [-0.05, 0) is 48.7 Å². The van der Waals surface area contributed by atoms with Gasteiger partial charge in [-0.2, -0.15) is 11.8 Å². The highest BCUT2D eigenvalue weighted by Crippen LogP contribution is 2.36. The second-order valence-electron chi connectivity index (χ2n) is 5.21. The van der Waals surface area contributed by atoms with Gasteiger partial charge >= 0.3 is 5.97 Å². The van der Waals surface area contributed by atoms with Gasteiger partial charge in [0.25, 0.3) is 0 Å². The lowest BCUT2D eigenvalue weighted by Crippen LogP contribution is -2.31. The van der Waals surface area contributed by atoms with Gasteiger partial charge in [-0.3, -0.25) is 0 Å². The summed E-state index contributed by atoms with van der Waals surface area (Å²) in [5.74, 6) is 2.00. The Labute approximate surface area is 123 Å². The third kappa shape index (κ3) is 4.40. The highest BCUT2D eigenvalue weighted by Gasteiger charge is 2.33. The molecule has 2 heterocycles. The van der Waals surface area contributed by atoms with Crippen molar-refractivity contribution in [2.75, 3.05) is 24.7 Å². The highest BCUT2D eigenvalue weighted by atomic mass is 32.2. The van der Waals surface area contributed by atoms with E-state index in [0.29, 0.717) is 18.9 Å². The third-order valence-electron chi connectivity index (χ3n) is 3.73. The molecule has 1 unspecified atom stereocenters. The maximum absolute atomic E-state index is 11.1. The minimum atomic E-state index is -1.02. The number of aliphatic hydroxyl groups is 1. The third-order valence-corrected chi connectivity index (χ3v) is 4.91. The molecule has 0 aromatic rings. The fourth-order valence-corrected chi connectivity index (χ4v) is 3.94. The van der Waals surface area contributed by atoms with Crippen LogP contribution in [0.1, 0.15) is 25.7 Å². The van der Waals surface area contributed by atoms with Crippen LogP contribution in [0.2, 0.25) is 0 Å². The van der Waals surface area contributed by atoms with Crippen molar-refractivity contribution in [2.24, 2.45) is 11.8 Å². The van der Waals surface area contributed by atoms with Crippen LogP contribution in [0.3, 0.4) is 0 Å². The average Bonchev–Trinajstić information content (AvgIpc) is 2.97. The fourth-order valence-electron chi connectivity index (χ4n) is 2.59. The van der Waals surface area contributed by atoms with Crippen LogP contribution in [0.25, 0.3) is 0 Å². The molecule has 1 fully saturated rings. The molecule has 20 heavy (non-hydrogen) atoms. The van der Waals surface area contributed by atoms with Crippen LogP contribution in [-0.2, 0) is 14.3 Å². The van der Waals surface area contributed by atoms with Crippen molar-refractivity contribution in [3.8, 4) is 0 Å². The first-order chi connectivity index (χ1) is 9.70. The molecule has 0 aromatic heterocycles. The maximum Gasteiger partial charge on any atom is 0.370 e. The Bertz CT molecular complexity index is 351. The molecular weight excluding hydrogens is 280 g/mol. The van der Waals surface area contributed by atoms with Crippen molar-refractivity contribution < 1.29 is 24.5 Å². The zero-order valence-corrected chi connectivity index (χ0v) is 12.3. The van der Waals surface area contributed by atoms with Gasteiger partial charge in [0, 0.05) is 13.0 Å². The molecule has 6 heteroatoms. The first-order valence-electron chi connectivity index (χ1n) is 7.12. The molecule has 2 rings (SSSR count). The summed E-state index contributed by atoms with van der Waals surface area (Å²) >= 11 is 1.93. The minimum Gasteiger partial charge on any atom is -0.475 e. The summed E-state index contributed by atoms with van der Waals surface area (Å²) in [7, 11) is 0. The average molecular weight is 302 g/mol. The van der Waals surface area contributed by atoms with E-state index < -0.39 is 12.3 Å². The number of hydrogen-bond acceptors (Lipinski definition) is 5. The summed E-state index contributed by atoms with van der Waals surface area (Å²) < 4.78 is 11.0. The maximum atomic E-state index is 11.1. The van der Waals surface area contributed by atoms with E-state index in [1.54, 1.807) is 6.08 Å². The molecule has 2 aliphatic rings. The predicted octanol–water partition coefficient (Wildman–Crippen LogP) is 1.86. The monoisotopic (exact) mass is 302 g/mol. The van der Waals surface area contributed by atoms with Crippen molar-refractivity contribution >= 4 is 17.7 Å². The lowest BCUT2D eigenvalue weighted by atomic mass is 9.87. The predicted molar refractivity (Wildman–Crippen MR) is 76.4 cm³/mol. The molecule has 2 N–H and O–H groups in total. The molecule has 5 nitrogen and oxygen atoms in total. The minimum absolute atomic E-state index is 0.0188. The van der Waals surface area contributed by atoms with E-state index in [2.05, 4.69) is 0 Å². The summed E-state index contributed by atoms with van der Waals surface area (Å²) in [6.07, 6.45) is 4.59. The number of hydrogen-bond donors (Lipinski definition) is 2. The van der Waals surface area contributed by atoms with Crippen molar-refractivity contribution in [1.82, 2.24) is 0 Å². The zero-order valence-electron chi connectivity index (χ0n) is 11.5. The summed E-state index contributed by atoms with van der Waals surface area (Å²) in [6.45, 7) is 0.640. The number of carboxylic acid groups (broad SMARTS) is 1. The second-order valence-corrected chi connectivity index (χ2v) is 6.36. The molecule has 0 bridgehead atoms. The Kier molecular flexibility index (Phi) is 6.19. The fraction of sp³-hybridized carbons (Fsp3) is 0.786. The van der Waals surface area contributed by atoms with Gasteiger partial charge in [0.2, 0.25) is 12.0 Å². The van der Waals surface area contributed by atoms with Crippen LogP contribution < -0.4 is 0 Å². The number of aliphatic hydroxyl groups excluding tert-OH is 1. The molecule has 114 valence electrons. The Balaban J connectivity index is 1.91. The van der Waals surface area contributed by atoms with E-state index in [4.69, 9.17) is 19.7 Å². The number of carboxylic acids is 1. The van der Waals surface area contributed by atoms with Crippen LogP contribution in [0, 0.1) is 11.8 Å². The number of aliphatic carboxylic acids is 1. The van der Waals surface area contributed by atoms with Crippen LogP contribution in [-0.4, -0.2) is 47.2 Å². The molecule has 0 spiro atoms. The van der Waals surface area contributed by atoms with Crippen LogP contribution in [0.4, 0.5) is 0 Å². The Morgan fingerprint density at radius 1 is 1.50 bits per heavy atom. The number of allylic oxidation sites excluding steroid dienone is 1. The SMILES string of the molecule is O=C(O)C1=C[C@H](C2CCSC2)C[C@H](OCCCCO)O1. The topological polar surface area (TPSA) is 76.0 Å². The second kappa shape index (κ2) is 7.90. The smallest absolute Gasteiger partial charge is 0.370 e. The molecule has 0 radical (unpaired) electrons.